The van der Waals surface area contributed by atoms with Crippen molar-refractivity contribution in [2.75, 3.05) is 0 Å². The second-order valence-corrected chi connectivity index (χ2v) is 1.78. The third kappa shape index (κ3) is 6.91. The molecular formula is C4H6F3NO3. The Morgan fingerprint density at radius 2 is 2.00 bits per heavy atom. The first-order valence-corrected chi connectivity index (χ1v) is 2.55. The van der Waals surface area contributed by atoms with Gasteiger partial charge in [-0.2, -0.15) is 13.2 Å². The van der Waals surface area contributed by atoms with Gasteiger partial charge in [0.1, 0.15) is 6.23 Å². The molecule has 0 bridgehead atoms. The Morgan fingerprint density at radius 3 is 2.27 bits per heavy atom. The van der Waals surface area contributed by atoms with E-state index in [0.29, 0.717) is 0 Å². The Kier molecular flexibility index (Phi) is 3.12. The quantitative estimate of drug-likeness (QED) is 0.533. The predicted octanol–water partition coefficient (Wildman–Crippen LogP) is 0.525. The van der Waals surface area contributed by atoms with E-state index in [4.69, 9.17) is 10.2 Å². The first kappa shape index (κ1) is 10.0. The summed E-state index contributed by atoms with van der Waals surface area (Å²) in [6, 6.07) is 0. The van der Waals surface area contributed by atoms with E-state index in [1.54, 1.807) is 0 Å². The molecule has 0 fully saturated rings. The van der Waals surface area contributed by atoms with Crippen molar-refractivity contribution in [1.29, 1.82) is 0 Å². The summed E-state index contributed by atoms with van der Waals surface area (Å²) in [7, 11) is 0. The summed E-state index contributed by atoms with van der Waals surface area (Å²) >= 11 is 0. The van der Waals surface area contributed by atoms with Crippen molar-refractivity contribution in [2.24, 2.45) is 0 Å². The van der Waals surface area contributed by atoms with Gasteiger partial charge in [0, 0.05) is 0 Å². The van der Waals surface area contributed by atoms with Crippen molar-refractivity contribution in [1.82, 2.24) is 5.32 Å². The minimum Gasteiger partial charge on any atom is -0.465 e. The smallest absolute Gasteiger partial charge is 0.406 e. The largest absolute Gasteiger partial charge is 0.465 e. The summed E-state index contributed by atoms with van der Waals surface area (Å²) in [6.07, 6.45) is -9.93. The second kappa shape index (κ2) is 3.42. The maximum atomic E-state index is 11.4. The van der Waals surface area contributed by atoms with Crippen molar-refractivity contribution in [2.45, 2.75) is 18.8 Å². The Bertz CT molecular complexity index is 146. The second-order valence-electron chi connectivity index (χ2n) is 1.78. The zero-order valence-corrected chi connectivity index (χ0v) is 5.22. The van der Waals surface area contributed by atoms with E-state index >= 15 is 0 Å². The average molecular weight is 173 g/mol. The first-order valence-electron chi connectivity index (χ1n) is 2.55. The van der Waals surface area contributed by atoms with Crippen LogP contribution in [0, 0.1) is 0 Å². The molecule has 0 aliphatic heterocycles. The van der Waals surface area contributed by atoms with Crippen LogP contribution in [-0.4, -0.2) is 28.7 Å². The average Bonchev–Trinajstić information content (AvgIpc) is 1.53. The topological polar surface area (TPSA) is 69.6 Å². The molecule has 3 N–H and O–H groups in total. The van der Waals surface area contributed by atoms with E-state index in [9.17, 15) is 18.0 Å². The number of carboxylic acid groups (broad SMARTS) is 1. The van der Waals surface area contributed by atoms with E-state index in [2.05, 4.69) is 0 Å². The van der Waals surface area contributed by atoms with Gasteiger partial charge in [-0.1, -0.05) is 0 Å². The van der Waals surface area contributed by atoms with Crippen molar-refractivity contribution < 1.29 is 28.2 Å². The Balaban J connectivity index is 3.69. The third-order valence-corrected chi connectivity index (χ3v) is 0.715. The summed E-state index contributed by atoms with van der Waals surface area (Å²) in [5.41, 5.74) is 0. The zero-order valence-electron chi connectivity index (χ0n) is 5.22. The van der Waals surface area contributed by atoms with Crippen LogP contribution in [-0.2, 0) is 0 Å². The van der Waals surface area contributed by atoms with Crippen LogP contribution in [0.4, 0.5) is 18.0 Å². The van der Waals surface area contributed by atoms with Crippen LogP contribution in [0.3, 0.4) is 0 Å². The highest BCUT2D eigenvalue weighted by molar-refractivity contribution is 5.64. The lowest BCUT2D eigenvalue weighted by atomic mass is 10.4. The first-order chi connectivity index (χ1) is 4.81. The highest BCUT2D eigenvalue weighted by atomic mass is 19.4. The highest BCUT2D eigenvalue weighted by Gasteiger charge is 2.31. The Morgan fingerprint density at radius 1 is 1.55 bits per heavy atom. The lowest BCUT2D eigenvalue weighted by Crippen LogP contribution is -2.36. The molecular weight excluding hydrogens is 167 g/mol. The van der Waals surface area contributed by atoms with E-state index in [0.717, 1.165) is 0 Å². The summed E-state index contributed by atoms with van der Waals surface area (Å²) in [5, 5.41) is 17.4. The van der Waals surface area contributed by atoms with Gasteiger partial charge in [0.15, 0.2) is 0 Å². The zero-order chi connectivity index (χ0) is 9.07. The molecule has 4 nitrogen and oxygen atoms in total. The van der Waals surface area contributed by atoms with Gasteiger partial charge < -0.3 is 10.2 Å². The predicted molar refractivity (Wildman–Crippen MR) is 27.8 cm³/mol. The van der Waals surface area contributed by atoms with E-state index in [-0.39, 0.29) is 0 Å². The molecule has 0 radical (unpaired) electrons. The van der Waals surface area contributed by atoms with E-state index in [1.807, 2.05) is 0 Å². The minimum atomic E-state index is -4.57. The number of aliphatic hydroxyl groups is 1. The number of aliphatic hydroxyl groups excluding tert-OH is 1. The minimum absolute atomic E-state index is 1.25. The van der Waals surface area contributed by atoms with Crippen LogP contribution in [0.2, 0.25) is 0 Å². The molecule has 0 aromatic heterocycles. The molecule has 0 rings (SSSR count). The van der Waals surface area contributed by atoms with Gasteiger partial charge in [-0.3, -0.25) is 5.32 Å². The van der Waals surface area contributed by atoms with Crippen LogP contribution < -0.4 is 5.32 Å². The maximum absolute atomic E-state index is 11.4. The van der Waals surface area contributed by atoms with Crippen LogP contribution in [0.25, 0.3) is 0 Å². The molecule has 0 aliphatic carbocycles. The normalized spacial score (nSPS) is 14.2. The Hall–Kier alpha value is -0.980. The van der Waals surface area contributed by atoms with Crippen LogP contribution in [0.15, 0.2) is 0 Å². The van der Waals surface area contributed by atoms with Gasteiger partial charge in [-0.15, -0.1) is 0 Å². The molecule has 0 aromatic rings. The number of amides is 1. The van der Waals surface area contributed by atoms with Gasteiger partial charge in [0.25, 0.3) is 0 Å². The maximum Gasteiger partial charge on any atom is 0.406 e. The van der Waals surface area contributed by atoms with E-state index in [1.165, 1.54) is 5.32 Å². The molecule has 0 aromatic carbocycles. The van der Waals surface area contributed by atoms with Crippen LogP contribution in [0.1, 0.15) is 6.42 Å². The fraction of sp³-hybridized carbons (Fsp3) is 0.750. The molecule has 1 amide bonds. The number of carbonyl (C=O) groups is 1. The van der Waals surface area contributed by atoms with Gasteiger partial charge in [0.05, 0.1) is 6.42 Å². The van der Waals surface area contributed by atoms with Crippen molar-refractivity contribution in [3.8, 4) is 0 Å². The summed E-state index contributed by atoms with van der Waals surface area (Å²) in [4.78, 5) is 9.66. The molecule has 0 spiro atoms. The van der Waals surface area contributed by atoms with Gasteiger partial charge in [-0.25, -0.2) is 4.79 Å². The molecule has 11 heavy (non-hydrogen) atoms. The van der Waals surface area contributed by atoms with Crippen LogP contribution >= 0.6 is 0 Å². The molecule has 1 atom stereocenters. The van der Waals surface area contributed by atoms with Crippen molar-refractivity contribution in [3.63, 3.8) is 0 Å². The number of nitrogens with one attached hydrogen (secondary N) is 1. The molecule has 0 aliphatic rings. The van der Waals surface area contributed by atoms with Gasteiger partial charge in [0.2, 0.25) is 0 Å². The van der Waals surface area contributed by atoms with Crippen molar-refractivity contribution >= 4 is 6.09 Å². The number of hydrogen-bond donors (Lipinski definition) is 3. The summed E-state index contributed by atoms with van der Waals surface area (Å²) in [6.45, 7) is 0. The van der Waals surface area contributed by atoms with Gasteiger partial charge in [-0.05, 0) is 0 Å². The van der Waals surface area contributed by atoms with E-state index < -0.39 is 24.9 Å². The summed E-state index contributed by atoms with van der Waals surface area (Å²) < 4.78 is 34.1. The number of halogens is 3. The molecule has 0 saturated heterocycles. The number of alkyl halides is 3. The molecule has 66 valence electrons. The molecule has 0 saturated carbocycles. The molecule has 0 unspecified atom stereocenters. The number of hydrogen-bond acceptors (Lipinski definition) is 2. The standard InChI is InChI=1S/C4H6F3NO3/c5-4(6,7)1-2(9)8-3(10)11/h2,8-9H,1H2,(H,10,11)/t2-/m0/s1. The SMILES string of the molecule is O=C(O)N[C@@H](O)CC(F)(F)F. The Labute approximate surface area is 59.6 Å². The van der Waals surface area contributed by atoms with Crippen LogP contribution in [0.5, 0.6) is 0 Å². The lowest BCUT2D eigenvalue weighted by molar-refractivity contribution is -0.155. The highest BCUT2D eigenvalue weighted by Crippen LogP contribution is 2.20. The molecule has 7 heteroatoms. The number of rotatable bonds is 2. The van der Waals surface area contributed by atoms with Gasteiger partial charge >= 0.3 is 12.3 Å². The lowest BCUT2D eigenvalue weighted by Gasteiger charge is -2.11. The third-order valence-electron chi connectivity index (χ3n) is 0.715. The fourth-order valence-electron chi connectivity index (χ4n) is 0.413. The van der Waals surface area contributed by atoms with Crippen molar-refractivity contribution in [3.05, 3.63) is 0 Å². The fourth-order valence-corrected chi connectivity index (χ4v) is 0.413. The molecule has 0 heterocycles. The summed E-state index contributed by atoms with van der Waals surface area (Å²) in [5.74, 6) is 0. The monoisotopic (exact) mass is 173 g/mol.